The summed E-state index contributed by atoms with van der Waals surface area (Å²) >= 11 is 0. The van der Waals surface area contributed by atoms with Crippen LogP contribution in [-0.4, -0.2) is 126 Å². The minimum Gasteiger partial charge on any atom is -0.494 e. The summed E-state index contributed by atoms with van der Waals surface area (Å²) in [6.45, 7) is 6.06. The summed E-state index contributed by atoms with van der Waals surface area (Å²) in [6.07, 6.45) is 0. The van der Waals surface area contributed by atoms with Gasteiger partial charge in [-0.1, -0.05) is 36.4 Å². The number of amides is 2. The highest BCUT2D eigenvalue weighted by Crippen LogP contribution is 2.36. The summed E-state index contributed by atoms with van der Waals surface area (Å²) in [6, 6.07) is 20.6. The smallest absolute Gasteiger partial charge is 0.335 e. The summed E-state index contributed by atoms with van der Waals surface area (Å²) in [4.78, 5) is 51.5. The van der Waals surface area contributed by atoms with Crippen molar-refractivity contribution < 1.29 is 24.6 Å². The van der Waals surface area contributed by atoms with E-state index in [0.29, 0.717) is 60.6 Å². The van der Waals surface area contributed by atoms with E-state index < -0.39 is 12.0 Å². The van der Waals surface area contributed by atoms with Crippen LogP contribution >= 0.6 is 12.4 Å². The number of piperazine rings is 2. The van der Waals surface area contributed by atoms with Crippen molar-refractivity contribution >= 4 is 58.3 Å². The summed E-state index contributed by atoms with van der Waals surface area (Å²) < 4.78 is 1.19. The molecule has 0 saturated carbocycles. The summed E-state index contributed by atoms with van der Waals surface area (Å²) in [7, 11) is 3.85. The van der Waals surface area contributed by atoms with Crippen LogP contribution < -0.4 is 10.2 Å². The fourth-order valence-electron chi connectivity index (χ4n) is 6.02. The molecule has 1 aromatic heterocycles. The number of fused-ring (bicyclic) bond motifs is 1. The first kappa shape index (κ1) is 34.6. The molecule has 13 heteroatoms. The summed E-state index contributed by atoms with van der Waals surface area (Å²) in [5, 5.41) is 25.2. The van der Waals surface area contributed by atoms with E-state index in [2.05, 4.69) is 22.2 Å². The zero-order valence-electron chi connectivity index (χ0n) is 27.0. The molecule has 0 aliphatic carbocycles. The van der Waals surface area contributed by atoms with Gasteiger partial charge in [0.1, 0.15) is 0 Å². The number of carboxylic acid groups (broad SMARTS) is 1. The van der Waals surface area contributed by atoms with Gasteiger partial charge in [-0.2, -0.15) is 0 Å². The topological polar surface area (TPSA) is 134 Å². The van der Waals surface area contributed by atoms with Gasteiger partial charge in [-0.3, -0.25) is 9.69 Å². The Morgan fingerprint density at radius 2 is 1.54 bits per heavy atom. The SMILES string of the molecule is CN1CCN(CC(=O)N(C)c2ccc(N=C(c3ccccc3)c3c(O)n(C(=O)N4CCNCC4)c4cc(C(=O)O)ccc34)cc2)CC1.Cl. The van der Waals surface area contributed by atoms with Crippen LogP contribution in [0, 0.1) is 0 Å². The third kappa shape index (κ3) is 7.21. The quantitative estimate of drug-likeness (QED) is 0.253. The van der Waals surface area contributed by atoms with E-state index in [0.717, 1.165) is 31.9 Å². The van der Waals surface area contributed by atoms with Crippen LogP contribution in [0.2, 0.25) is 0 Å². The fourth-order valence-corrected chi connectivity index (χ4v) is 6.02. The van der Waals surface area contributed by atoms with Crippen LogP contribution in [0.1, 0.15) is 21.5 Å². The molecular formula is C35H40ClN7O5. The molecule has 0 radical (unpaired) electrons. The van der Waals surface area contributed by atoms with Gasteiger partial charge >= 0.3 is 12.0 Å². The number of aromatic carboxylic acids is 1. The molecule has 0 atom stereocenters. The van der Waals surface area contributed by atoms with Crippen molar-refractivity contribution in [2.75, 3.05) is 77.9 Å². The second-order valence-electron chi connectivity index (χ2n) is 12.0. The number of aromatic hydroxyl groups is 1. The number of carboxylic acids is 1. The van der Waals surface area contributed by atoms with Crippen molar-refractivity contribution in [1.82, 2.24) is 24.6 Å². The molecule has 6 rings (SSSR count). The van der Waals surface area contributed by atoms with Gasteiger partial charge in [-0.05, 0) is 43.4 Å². The van der Waals surface area contributed by atoms with Crippen molar-refractivity contribution in [3.63, 3.8) is 0 Å². The summed E-state index contributed by atoms with van der Waals surface area (Å²) in [5.74, 6) is -1.46. The molecule has 2 fully saturated rings. The molecule has 12 nitrogen and oxygen atoms in total. The number of aromatic nitrogens is 1. The number of anilines is 1. The zero-order valence-corrected chi connectivity index (χ0v) is 27.8. The van der Waals surface area contributed by atoms with Crippen molar-refractivity contribution in [2.45, 2.75) is 0 Å². The van der Waals surface area contributed by atoms with E-state index in [1.165, 1.54) is 16.7 Å². The largest absolute Gasteiger partial charge is 0.494 e. The third-order valence-electron chi connectivity index (χ3n) is 8.86. The van der Waals surface area contributed by atoms with Crippen molar-refractivity contribution in [1.29, 1.82) is 0 Å². The van der Waals surface area contributed by atoms with Crippen LogP contribution in [0.15, 0.2) is 77.8 Å². The minimum absolute atomic E-state index is 0. The molecule has 2 aliphatic heterocycles. The highest BCUT2D eigenvalue weighted by atomic mass is 35.5. The van der Waals surface area contributed by atoms with Crippen molar-refractivity contribution in [3.8, 4) is 5.88 Å². The van der Waals surface area contributed by atoms with Gasteiger partial charge in [0.2, 0.25) is 11.8 Å². The molecular weight excluding hydrogens is 634 g/mol. The molecule has 252 valence electrons. The van der Waals surface area contributed by atoms with E-state index in [1.54, 1.807) is 22.9 Å². The first-order valence-corrected chi connectivity index (χ1v) is 15.7. The maximum atomic E-state index is 13.8. The molecule has 2 saturated heterocycles. The number of likely N-dealkylation sites (N-methyl/N-ethyl adjacent to an activating group) is 2. The fraction of sp³-hybridized carbons (Fsp3) is 0.314. The lowest BCUT2D eigenvalue weighted by Crippen LogP contribution is -2.48. The van der Waals surface area contributed by atoms with Gasteiger partial charge in [-0.15, -0.1) is 12.4 Å². The molecule has 3 heterocycles. The van der Waals surface area contributed by atoms with E-state index >= 15 is 0 Å². The lowest BCUT2D eigenvalue weighted by molar-refractivity contribution is -0.119. The van der Waals surface area contributed by atoms with E-state index in [4.69, 9.17) is 4.99 Å². The Hall–Kier alpha value is -4.75. The van der Waals surface area contributed by atoms with Gasteiger partial charge in [0, 0.05) is 76.0 Å². The van der Waals surface area contributed by atoms with E-state index in [-0.39, 0.29) is 35.3 Å². The molecule has 4 aromatic rings. The van der Waals surface area contributed by atoms with Crippen LogP contribution in [0.5, 0.6) is 5.88 Å². The second-order valence-corrected chi connectivity index (χ2v) is 12.0. The predicted octanol–water partition coefficient (Wildman–Crippen LogP) is 3.72. The monoisotopic (exact) mass is 673 g/mol. The Bertz CT molecular complexity index is 1810. The molecule has 2 aliphatic rings. The number of carbonyl (C=O) groups is 3. The van der Waals surface area contributed by atoms with Gasteiger partial charge in [0.25, 0.3) is 0 Å². The second kappa shape index (κ2) is 15.0. The van der Waals surface area contributed by atoms with E-state index in [1.807, 2.05) is 54.6 Å². The van der Waals surface area contributed by atoms with Gasteiger partial charge in [-0.25, -0.2) is 19.1 Å². The predicted molar refractivity (Wildman–Crippen MR) is 189 cm³/mol. The highest BCUT2D eigenvalue weighted by Gasteiger charge is 2.29. The first-order valence-electron chi connectivity index (χ1n) is 15.7. The lowest BCUT2D eigenvalue weighted by Gasteiger charge is -2.32. The molecule has 2 amide bonds. The molecule has 3 aromatic carbocycles. The highest BCUT2D eigenvalue weighted by molar-refractivity contribution is 6.23. The third-order valence-corrected chi connectivity index (χ3v) is 8.86. The molecule has 3 N–H and O–H groups in total. The van der Waals surface area contributed by atoms with E-state index in [9.17, 15) is 24.6 Å². The number of hydrogen-bond donors (Lipinski definition) is 3. The number of benzene rings is 3. The minimum atomic E-state index is -1.14. The number of hydrogen-bond acceptors (Lipinski definition) is 8. The molecule has 0 spiro atoms. The van der Waals surface area contributed by atoms with Crippen LogP contribution in [-0.2, 0) is 4.79 Å². The number of aliphatic imine (C=N–C) groups is 1. The standard InChI is InChI=1S/C35H39N7O5.ClH/c1-38-18-20-40(21-19-38)23-30(43)39(2)27-11-9-26(10-12-27)37-32(24-6-4-3-5-7-24)31-28-13-8-25(34(45)46)22-29(28)42(33(31)44)35(47)41-16-14-36-15-17-41;/h3-13,22,36,44H,14-21,23H2,1-2H3,(H,45,46);1H. The van der Waals surface area contributed by atoms with Crippen molar-refractivity contribution in [3.05, 3.63) is 89.5 Å². The van der Waals surface area contributed by atoms with Crippen LogP contribution in [0.4, 0.5) is 16.2 Å². The van der Waals surface area contributed by atoms with Gasteiger partial charge < -0.3 is 30.2 Å². The van der Waals surface area contributed by atoms with Gasteiger partial charge in [0.05, 0.1) is 34.6 Å². The number of nitrogens with one attached hydrogen (secondary N) is 1. The lowest BCUT2D eigenvalue weighted by atomic mass is 10.00. The Labute approximate surface area is 285 Å². The Morgan fingerprint density at radius 1 is 0.875 bits per heavy atom. The first-order chi connectivity index (χ1) is 22.7. The molecule has 0 unspecified atom stereocenters. The number of nitrogens with zero attached hydrogens (tertiary/aromatic N) is 6. The summed E-state index contributed by atoms with van der Waals surface area (Å²) in [5.41, 5.74) is 3.00. The average molecular weight is 674 g/mol. The molecule has 48 heavy (non-hydrogen) atoms. The number of halogens is 1. The molecule has 0 bridgehead atoms. The zero-order chi connectivity index (χ0) is 33.1. The Morgan fingerprint density at radius 3 is 2.19 bits per heavy atom. The normalized spacial score (nSPS) is 16.0. The Balaban J connectivity index is 0.00000451. The van der Waals surface area contributed by atoms with Gasteiger partial charge in [0.15, 0.2) is 0 Å². The maximum absolute atomic E-state index is 13.8. The number of rotatable bonds is 7. The van der Waals surface area contributed by atoms with Crippen LogP contribution in [0.3, 0.4) is 0 Å². The van der Waals surface area contributed by atoms with Crippen molar-refractivity contribution in [2.24, 2.45) is 4.99 Å². The average Bonchev–Trinajstić information content (AvgIpc) is 3.39. The maximum Gasteiger partial charge on any atom is 0.335 e. The van der Waals surface area contributed by atoms with Crippen LogP contribution in [0.25, 0.3) is 10.9 Å². The Kier molecular flexibility index (Phi) is 10.8. The number of carbonyl (C=O) groups excluding carboxylic acids is 2.